The minimum absolute atomic E-state index is 0.0643. The Labute approximate surface area is 143 Å². The summed E-state index contributed by atoms with van der Waals surface area (Å²) in [4.78, 5) is 24.6. The SMILES string of the molecule is CSc1ccc(Cl)c(C(=O)OCC(=O)NC2CCS(=O)(=O)C2)c1. The molecule has 1 unspecified atom stereocenters. The van der Waals surface area contributed by atoms with Crippen molar-refractivity contribution in [1.29, 1.82) is 0 Å². The summed E-state index contributed by atoms with van der Waals surface area (Å²) >= 11 is 7.41. The second kappa shape index (κ2) is 7.55. The number of hydrogen-bond donors (Lipinski definition) is 1. The molecule has 1 aliphatic heterocycles. The second-order valence-corrected chi connectivity index (χ2v) is 8.60. The van der Waals surface area contributed by atoms with Crippen LogP contribution in [0.2, 0.25) is 5.02 Å². The van der Waals surface area contributed by atoms with Crippen molar-refractivity contribution in [1.82, 2.24) is 5.32 Å². The third kappa shape index (κ3) is 5.12. The molecule has 1 saturated heterocycles. The fourth-order valence-electron chi connectivity index (χ4n) is 2.17. The fraction of sp³-hybridized carbons (Fsp3) is 0.429. The number of ether oxygens (including phenoxy) is 1. The molecule has 0 bridgehead atoms. The summed E-state index contributed by atoms with van der Waals surface area (Å²) in [5.41, 5.74) is 0.190. The molecule has 1 aromatic rings. The maximum Gasteiger partial charge on any atom is 0.340 e. The Morgan fingerprint density at radius 3 is 2.78 bits per heavy atom. The van der Waals surface area contributed by atoms with E-state index in [0.29, 0.717) is 6.42 Å². The molecular weight excluding hydrogens is 362 g/mol. The third-order valence-electron chi connectivity index (χ3n) is 3.33. The minimum atomic E-state index is -3.07. The van der Waals surface area contributed by atoms with Crippen molar-refractivity contribution in [2.24, 2.45) is 0 Å². The van der Waals surface area contributed by atoms with Crippen LogP contribution in [-0.4, -0.2) is 50.7 Å². The quantitative estimate of drug-likeness (QED) is 0.618. The molecule has 1 amide bonds. The number of thioether (sulfide) groups is 1. The van der Waals surface area contributed by atoms with Crippen molar-refractivity contribution in [3.05, 3.63) is 28.8 Å². The van der Waals surface area contributed by atoms with E-state index < -0.39 is 34.4 Å². The molecule has 0 aliphatic carbocycles. The van der Waals surface area contributed by atoms with Crippen molar-refractivity contribution in [3.8, 4) is 0 Å². The molecule has 1 atom stereocenters. The van der Waals surface area contributed by atoms with Crippen LogP contribution in [0.3, 0.4) is 0 Å². The Morgan fingerprint density at radius 1 is 1.43 bits per heavy atom. The highest BCUT2D eigenvalue weighted by Crippen LogP contribution is 2.23. The van der Waals surface area contributed by atoms with Crippen LogP contribution in [0.15, 0.2) is 23.1 Å². The number of carbonyl (C=O) groups is 2. The first-order valence-electron chi connectivity index (χ1n) is 6.81. The maximum atomic E-state index is 12.0. The normalized spacial score (nSPS) is 19.3. The molecule has 0 saturated carbocycles. The molecule has 0 aromatic heterocycles. The predicted molar refractivity (Wildman–Crippen MR) is 88.7 cm³/mol. The largest absolute Gasteiger partial charge is 0.452 e. The number of benzene rings is 1. The molecule has 1 aliphatic rings. The molecule has 9 heteroatoms. The monoisotopic (exact) mass is 377 g/mol. The van der Waals surface area contributed by atoms with Gasteiger partial charge in [-0.15, -0.1) is 11.8 Å². The second-order valence-electron chi connectivity index (χ2n) is 5.09. The van der Waals surface area contributed by atoms with Gasteiger partial charge in [0.1, 0.15) is 0 Å². The van der Waals surface area contributed by atoms with Gasteiger partial charge >= 0.3 is 5.97 Å². The number of hydrogen-bond acceptors (Lipinski definition) is 6. The van der Waals surface area contributed by atoms with E-state index in [4.69, 9.17) is 16.3 Å². The standard InChI is InChI=1S/C14H16ClNO5S2/c1-22-10-2-3-12(15)11(6-10)14(18)21-7-13(17)16-9-4-5-23(19,20)8-9/h2-3,6,9H,4-5,7-8H2,1H3,(H,16,17). The molecule has 0 spiro atoms. The van der Waals surface area contributed by atoms with E-state index in [2.05, 4.69) is 5.32 Å². The van der Waals surface area contributed by atoms with Gasteiger partial charge in [0.2, 0.25) is 0 Å². The van der Waals surface area contributed by atoms with E-state index in [-0.39, 0.29) is 22.1 Å². The van der Waals surface area contributed by atoms with Gasteiger partial charge in [-0.05, 0) is 30.9 Å². The van der Waals surface area contributed by atoms with E-state index in [1.165, 1.54) is 11.8 Å². The van der Waals surface area contributed by atoms with E-state index in [0.717, 1.165) is 4.90 Å². The Hall–Kier alpha value is -1.25. The lowest BCUT2D eigenvalue weighted by molar-refractivity contribution is -0.124. The highest BCUT2D eigenvalue weighted by Gasteiger charge is 2.29. The van der Waals surface area contributed by atoms with Gasteiger partial charge in [-0.2, -0.15) is 0 Å². The van der Waals surface area contributed by atoms with Gasteiger partial charge < -0.3 is 10.1 Å². The maximum absolute atomic E-state index is 12.0. The van der Waals surface area contributed by atoms with Gasteiger partial charge in [0, 0.05) is 10.9 Å². The smallest absolute Gasteiger partial charge is 0.340 e. The van der Waals surface area contributed by atoms with Crippen LogP contribution in [0.5, 0.6) is 0 Å². The van der Waals surface area contributed by atoms with Gasteiger partial charge in [-0.1, -0.05) is 11.6 Å². The predicted octanol–water partition coefficient (Wildman–Crippen LogP) is 1.52. The zero-order chi connectivity index (χ0) is 17.0. The van der Waals surface area contributed by atoms with Crippen molar-refractivity contribution in [3.63, 3.8) is 0 Å². The first kappa shape index (κ1) is 18.1. The Morgan fingerprint density at radius 2 is 2.17 bits per heavy atom. The number of esters is 1. The zero-order valence-corrected chi connectivity index (χ0v) is 14.8. The third-order valence-corrected chi connectivity index (χ3v) is 6.15. The Kier molecular flexibility index (Phi) is 5.94. The fourth-order valence-corrected chi connectivity index (χ4v) is 4.48. The first-order valence-corrected chi connectivity index (χ1v) is 10.2. The number of sulfone groups is 1. The van der Waals surface area contributed by atoms with Crippen LogP contribution >= 0.6 is 23.4 Å². The van der Waals surface area contributed by atoms with Crippen molar-refractivity contribution in [2.45, 2.75) is 17.4 Å². The molecule has 1 aromatic carbocycles. The molecule has 1 fully saturated rings. The highest BCUT2D eigenvalue weighted by atomic mass is 35.5. The number of rotatable bonds is 5. The van der Waals surface area contributed by atoms with E-state index in [1.807, 2.05) is 6.26 Å². The topological polar surface area (TPSA) is 89.5 Å². The van der Waals surface area contributed by atoms with Crippen molar-refractivity contribution < 1.29 is 22.7 Å². The van der Waals surface area contributed by atoms with E-state index >= 15 is 0 Å². The van der Waals surface area contributed by atoms with Crippen LogP contribution in [-0.2, 0) is 19.4 Å². The number of halogens is 1. The van der Waals surface area contributed by atoms with Gasteiger partial charge in [0.25, 0.3) is 5.91 Å². The van der Waals surface area contributed by atoms with Gasteiger partial charge in [-0.3, -0.25) is 4.79 Å². The lowest BCUT2D eigenvalue weighted by atomic mass is 10.2. The lowest BCUT2D eigenvalue weighted by Crippen LogP contribution is -2.38. The Balaban J connectivity index is 1.88. The first-order chi connectivity index (χ1) is 10.8. The summed E-state index contributed by atoms with van der Waals surface area (Å²) in [6.45, 7) is -0.477. The highest BCUT2D eigenvalue weighted by molar-refractivity contribution is 7.98. The number of carbonyl (C=O) groups excluding carboxylic acids is 2. The van der Waals surface area contributed by atoms with Crippen molar-refractivity contribution >= 4 is 45.1 Å². The van der Waals surface area contributed by atoms with Gasteiger partial charge in [0.05, 0.1) is 22.1 Å². The van der Waals surface area contributed by atoms with Crippen molar-refractivity contribution in [2.75, 3.05) is 24.4 Å². The minimum Gasteiger partial charge on any atom is -0.452 e. The summed E-state index contributed by atoms with van der Waals surface area (Å²) in [5.74, 6) is -1.24. The van der Waals surface area contributed by atoms with Crippen LogP contribution in [0.25, 0.3) is 0 Å². The van der Waals surface area contributed by atoms with Gasteiger partial charge in [-0.25, -0.2) is 13.2 Å². The van der Waals surface area contributed by atoms with E-state index in [9.17, 15) is 18.0 Å². The van der Waals surface area contributed by atoms with Crippen LogP contribution in [0.4, 0.5) is 0 Å². The average Bonchev–Trinajstić information content (AvgIpc) is 2.84. The molecule has 126 valence electrons. The molecule has 23 heavy (non-hydrogen) atoms. The number of amides is 1. The van der Waals surface area contributed by atoms with Crippen LogP contribution < -0.4 is 5.32 Å². The Bertz CT molecular complexity index is 720. The molecular formula is C14H16ClNO5S2. The molecule has 1 N–H and O–H groups in total. The molecule has 6 nitrogen and oxygen atoms in total. The lowest BCUT2D eigenvalue weighted by Gasteiger charge is -2.11. The van der Waals surface area contributed by atoms with Crippen LogP contribution in [0, 0.1) is 0 Å². The number of nitrogens with one attached hydrogen (secondary N) is 1. The summed E-state index contributed by atoms with van der Waals surface area (Å²) in [7, 11) is -3.07. The van der Waals surface area contributed by atoms with Crippen LogP contribution in [0.1, 0.15) is 16.8 Å². The summed E-state index contributed by atoms with van der Waals surface area (Å²) in [6, 6.07) is 4.54. The average molecular weight is 378 g/mol. The molecule has 1 heterocycles. The summed E-state index contributed by atoms with van der Waals surface area (Å²) in [6.07, 6.45) is 2.24. The molecule has 2 rings (SSSR count). The zero-order valence-electron chi connectivity index (χ0n) is 12.4. The molecule has 0 radical (unpaired) electrons. The van der Waals surface area contributed by atoms with Gasteiger partial charge in [0.15, 0.2) is 16.4 Å². The summed E-state index contributed by atoms with van der Waals surface area (Å²) in [5, 5.41) is 2.79. The van der Waals surface area contributed by atoms with E-state index in [1.54, 1.807) is 18.2 Å². The summed E-state index contributed by atoms with van der Waals surface area (Å²) < 4.78 is 27.6.